The molecule has 0 aliphatic carbocycles. The lowest BCUT2D eigenvalue weighted by atomic mass is 10.0. The number of morpholine rings is 1. The predicted molar refractivity (Wildman–Crippen MR) is 90.1 cm³/mol. The Hall–Kier alpha value is -2.22. The topological polar surface area (TPSA) is 68.0 Å². The minimum Gasteiger partial charge on any atom is -0.470 e. The number of carbonyl (C=O) groups excluding carboxylic acids is 1. The van der Waals surface area contributed by atoms with Crippen molar-refractivity contribution in [1.82, 2.24) is 9.88 Å². The van der Waals surface area contributed by atoms with Crippen LogP contribution in [0.4, 0.5) is 5.69 Å². The Labute approximate surface area is 146 Å². The summed E-state index contributed by atoms with van der Waals surface area (Å²) in [6, 6.07) is 7.71. The van der Waals surface area contributed by atoms with Crippen LogP contribution in [-0.4, -0.2) is 60.8 Å². The Morgan fingerprint density at radius 2 is 2.20 bits per heavy atom. The van der Waals surface area contributed by atoms with Crippen molar-refractivity contribution < 1.29 is 18.7 Å². The number of amides is 1. The van der Waals surface area contributed by atoms with Gasteiger partial charge < -0.3 is 18.8 Å². The maximum Gasteiger partial charge on any atom is 0.253 e. The lowest BCUT2D eigenvalue weighted by Crippen LogP contribution is -2.60. The molecule has 2 aromatic rings. The molecule has 7 heteroatoms. The van der Waals surface area contributed by atoms with Crippen LogP contribution in [0.2, 0.25) is 0 Å². The molecule has 1 atom stereocenters. The minimum absolute atomic E-state index is 0.0476. The van der Waals surface area contributed by atoms with E-state index in [9.17, 15) is 4.79 Å². The summed E-state index contributed by atoms with van der Waals surface area (Å²) in [6.45, 7) is 3.82. The van der Waals surface area contributed by atoms with E-state index >= 15 is 0 Å². The lowest BCUT2D eigenvalue weighted by Gasteiger charge is -2.42. The molecule has 2 saturated heterocycles. The zero-order valence-corrected chi connectivity index (χ0v) is 14.0. The van der Waals surface area contributed by atoms with Crippen LogP contribution in [0.5, 0.6) is 0 Å². The van der Waals surface area contributed by atoms with Gasteiger partial charge in [0, 0.05) is 31.9 Å². The van der Waals surface area contributed by atoms with Crippen molar-refractivity contribution in [3.05, 3.63) is 48.7 Å². The van der Waals surface area contributed by atoms with Crippen LogP contribution >= 0.6 is 0 Å². The van der Waals surface area contributed by atoms with Crippen LogP contribution in [0.25, 0.3) is 0 Å². The van der Waals surface area contributed by atoms with Crippen LogP contribution in [0, 0.1) is 0 Å². The summed E-state index contributed by atoms with van der Waals surface area (Å²) in [5, 5.41) is 0. The van der Waals surface area contributed by atoms with Gasteiger partial charge in [-0.2, -0.15) is 0 Å². The second-order valence-electron chi connectivity index (χ2n) is 6.52. The first-order valence-corrected chi connectivity index (χ1v) is 8.41. The summed E-state index contributed by atoms with van der Waals surface area (Å²) in [7, 11) is 0. The molecule has 4 rings (SSSR count). The molecule has 2 aliphatic heterocycles. The first-order chi connectivity index (χ1) is 12.2. The van der Waals surface area contributed by atoms with Gasteiger partial charge >= 0.3 is 0 Å². The molecule has 4 heterocycles. The molecule has 0 aromatic carbocycles. The van der Waals surface area contributed by atoms with E-state index < -0.39 is 5.60 Å². The zero-order valence-electron chi connectivity index (χ0n) is 14.0. The number of carbonyl (C=O) groups is 1. The minimum atomic E-state index is -0.545. The first kappa shape index (κ1) is 16.3. The normalized spacial score (nSPS) is 25.3. The van der Waals surface area contributed by atoms with Gasteiger partial charge in [-0.1, -0.05) is 6.07 Å². The number of ether oxygens (including phenoxy) is 2. The second-order valence-corrected chi connectivity index (χ2v) is 6.52. The number of hydrogen-bond donors (Lipinski definition) is 0. The third kappa shape index (κ3) is 3.58. The smallest absolute Gasteiger partial charge is 0.253 e. The largest absolute Gasteiger partial charge is 0.470 e. The van der Waals surface area contributed by atoms with Crippen molar-refractivity contribution in [2.75, 3.05) is 44.4 Å². The molecule has 1 amide bonds. The van der Waals surface area contributed by atoms with E-state index in [1.807, 2.05) is 18.2 Å². The molecule has 132 valence electrons. The Morgan fingerprint density at radius 1 is 1.24 bits per heavy atom. The van der Waals surface area contributed by atoms with Crippen LogP contribution in [0.15, 0.2) is 47.4 Å². The lowest BCUT2D eigenvalue weighted by molar-refractivity contribution is -0.146. The number of furan rings is 1. The van der Waals surface area contributed by atoms with E-state index in [1.54, 1.807) is 29.7 Å². The van der Waals surface area contributed by atoms with Gasteiger partial charge in [-0.25, -0.2) is 0 Å². The molecule has 1 spiro atoms. The highest BCUT2D eigenvalue weighted by molar-refractivity contribution is 5.95. The molecule has 0 radical (unpaired) electrons. The van der Waals surface area contributed by atoms with Gasteiger partial charge in [0.2, 0.25) is 0 Å². The average Bonchev–Trinajstić information content (AvgIpc) is 3.09. The van der Waals surface area contributed by atoms with Gasteiger partial charge in [-0.3, -0.25) is 14.7 Å². The Bertz CT molecular complexity index is 706. The van der Waals surface area contributed by atoms with Gasteiger partial charge in [0.15, 0.2) is 0 Å². The molecule has 0 N–H and O–H groups in total. The fourth-order valence-corrected chi connectivity index (χ4v) is 3.38. The molecule has 0 bridgehead atoms. The van der Waals surface area contributed by atoms with Crippen LogP contribution in [0.3, 0.4) is 0 Å². The zero-order chi connectivity index (χ0) is 17.1. The summed E-state index contributed by atoms with van der Waals surface area (Å²) >= 11 is 0. The summed E-state index contributed by atoms with van der Waals surface area (Å²) in [5.74, 6) is -0.0625. The molecule has 1 unspecified atom stereocenters. The van der Waals surface area contributed by atoms with E-state index in [-0.39, 0.29) is 12.5 Å². The van der Waals surface area contributed by atoms with E-state index in [1.165, 1.54) is 0 Å². The highest BCUT2D eigenvalue weighted by Crippen LogP contribution is 2.27. The molecule has 0 saturated carbocycles. The maximum absolute atomic E-state index is 12.3. The SMILES string of the molecule is O=C1COC2(COCCN(Cc3ccccn3)C2)CN1c1ccoc1. The van der Waals surface area contributed by atoms with Gasteiger partial charge in [-0.05, 0) is 12.1 Å². The summed E-state index contributed by atoms with van der Waals surface area (Å²) in [5.41, 5.74) is 1.22. The fourth-order valence-electron chi connectivity index (χ4n) is 3.38. The van der Waals surface area contributed by atoms with Crippen molar-refractivity contribution in [1.29, 1.82) is 0 Å². The second kappa shape index (κ2) is 6.95. The molecular weight excluding hydrogens is 322 g/mol. The van der Waals surface area contributed by atoms with E-state index in [4.69, 9.17) is 13.9 Å². The predicted octanol–water partition coefficient (Wildman–Crippen LogP) is 1.31. The van der Waals surface area contributed by atoms with Crippen LogP contribution < -0.4 is 4.90 Å². The number of anilines is 1. The first-order valence-electron chi connectivity index (χ1n) is 8.41. The summed E-state index contributed by atoms with van der Waals surface area (Å²) < 4.78 is 16.9. The van der Waals surface area contributed by atoms with Gasteiger partial charge in [0.05, 0.1) is 37.4 Å². The standard InChI is InChI=1S/C18H21N3O4/c22-17-11-25-18(13-21(17)16-4-7-23-10-16)12-20(6-8-24-14-18)9-15-3-1-2-5-19-15/h1-5,7,10H,6,8-9,11-14H2. The number of nitrogens with zero attached hydrogens (tertiary/aromatic N) is 3. The Balaban J connectivity index is 1.52. The average molecular weight is 343 g/mol. The van der Waals surface area contributed by atoms with Gasteiger partial charge in [-0.15, -0.1) is 0 Å². The molecule has 2 aliphatic rings. The van der Waals surface area contributed by atoms with Crippen molar-refractivity contribution >= 4 is 11.6 Å². The molecule has 2 fully saturated rings. The third-order valence-corrected chi connectivity index (χ3v) is 4.61. The summed E-state index contributed by atoms with van der Waals surface area (Å²) in [4.78, 5) is 20.7. The van der Waals surface area contributed by atoms with Gasteiger partial charge in [0.25, 0.3) is 5.91 Å². The molecule has 25 heavy (non-hydrogen) atoms. The van der Waals surface area contributed by atoms with Gasteiger partial charge in [0.1, 0.15) is 18.5 Å². The van der Waals surface area contributed by atoms with E-state index in [2.05, 4.69) is 9.88 Å². The highest BCUT2D eigenvalue weighted by Gasteiger charge is 2.43. The number of hydrogen-bond acceptors (Lipinski definition) is 6. The van der Waals surface area contributed by atoms with Crippen molar-refractivity contribution in [2.24, 2.45) is 0 Å². The van der Waals surface area contributed by atoms with Crippen LogP contribution in [-0.2, 0) is 20.8 Å². The Morgan fingerprint density at radius 3 is 3.00 bits per heavy atom. The van der Waals surface area contributed by atoms with Crippen molar-refractivity contribution in [3.8, 4) is 0 Å². The summed E-state index contributed by atoms with van der Waals surface area (Å²) in [6.07, 6.45) is 4.96. The maximum atomic E-state index is 12.3. The number of rotatable bonds is 3. The van der Waals surface area contributed by atoms with Crippen molar-refractivity contribution in [3.63, 3.8) is 0 Å². The molecular formula is C18H21N3O4. The highest BCUT2D eigenvalue weighted by atomic mass is 16.6. The molecule has 2 aromatic heterocycles. The monoisotopic (exact) mass is 343 g/mol. The number of pyridine rings is 1. The van der Waals surface area contributed by atoms with E-state index in [0.29, 0.717) is 26.3 Å². The van der Waals surface area contributed by atoms with Crippen LogP contribution in [0.1, 0.15) is 5.69 Å². The Kier molecular flexibility index (Phi) is 4.52. The van der Waals surface area contributed by atoms with Crippen molar-refractivity contribution in [2.45, 2.75) is 12.1 Å². The third-order valence-electron chi connectivity index (χ3n) is 4.61. The number of aromatic nitrogens is 1. The fraction of sp³-hybridized carbons (Fsp3) is 0.444. The molecule has 7 nitrogen and oxygen atoms in total. The van der Waals surface area contributed by atoms with E-state index in [0.717, 1.165) is 24.5 Å². The quantitative estimate of drug-likeness (QED) is 0.837.